The first-order valence-corrected chi connectivity index (χ1v) is 7.76. The van der Waals surface area contributed by atoms with Crippen molar-refractivity contribution in [2.75, 3.05) is 11.4 Å². The topological polar surface area (TPSA) is 152 Å². The molecule has 138 valence electrons. The van der Waals surface area contributed by atoms with E-state index in [4.69, 9.17) is 11.0 Å². The number of anilines is 1. The van der Waals surface area contributed by atoms with Crippen LogP contribution in [0.3, 0.4) is 0 Å². The van der Waals surface area contributed by atoms with Crippen LogP contribution in [0.5, 0.6) is 0 Å². The molecule has 0 radical (unpaired) electrons. The van der Waals surface area contributed by atoms with Crippen molar-refractivity contribution in [1.82, 2.24) is 4.57 Å². The maximum absolute atomic E-state index is 12.7. The number of hydrogen-bond acceptors (Lipinski definition) is 6. The monoisotopic (exact) mass is 369 g/mol. The molecule has 2 rings (SSSR count). The smallest absolute Gasteiger partial charge is 0.286 e. The zero-order valence-electron chi connectivity index (χ0n) is 14.1. The molecule has 0 saturated carbocycles. The predicted octanol–water partition coefficient (Wildman–Crippen LogP) is 0.802. The van der Waals surface area contributed by atoms with E-state index in [-0.39, 0.29) is 13.0 Å². The third kappa shape index (κ3) is 4.55. The van der Waals surface area contributed by atoms with Crippen molar-refractivity contribution >= 4 is 23.2 Å². The van der Waals surface area contributed by atoms with Gasteiger partial charge in [-0.2, -0.15) is 5.26 Å². The Morgan fingerprint density at radius 1 is 1.30 bits per heavy atom. The summed E-state index contributed by atoms with van der Waals surface area (Å²) in [7, 11) is 0. The SMILES string of the molecule is N#CCCN(C(=O)Cn1cc([N+](=O)[O-])cc(C(N)=O)c1=O)c1ccccc1. The second-order valence-corrected chi connectivity index (χ2v) is 5.46. The molecule has 10 nitrogen and oxygen atoms in total. The van der Waals surface area contributed by atoms with Gasteiger partial charge in [-0.1, -0.05) is 18.2 Å². The van der Waals surface area contributed by atoms with Crippen LogP contribution in [0.25, 0.3) is 0 Å². The number of nitriles is 1. The lowest BCUT2D eigenvalue weighted by Crippen LogP contribution is -2.38. The molecule has 0 aliphatic carbocycles. The number of nitrogens with zero attached hydrogens (tertiary/aromatic N) is 4. The maximum Gasteiger partial charge on any atom is 0.286 e. The van der Waals surface area contributed by atoms with Gasteiger partial charge in [0.25, 0.3) is 17.2 Å². The summed E-state index contributed by atoms with van der Waals surface area (Å²) in [6.45, 7) is -0.479. The summed E-state index contributed by atoms with van der Waals surface area (Å²) in [5, 5.41) is 19.8. The first-order valence-electron chi connectivity index (χ1n) is 7.76. The van der Waals surface area contributed by atoms with Crippen LogP contribution in [0.15, 0.2) is 47.4 Å². The molecule has 0 bridgehead atoms. The number of nitro groups is 1. The standard InChI is InChI=1S/C17H15N5O5/c18-7-4-8-21(12-5-2-1-3-6-12)15(23)11-20-10-13(22(26)27)9-14(16(19)24)17(20)25/h1-3,5-6,9-10H,4,8,11H2,(H2,19,24). The highest BCUT2D eigenvalue weighted by Gasteiger charge is 2.21. The quantitative estimate of drug-likeness (QED) is 0.563. The van der Waals surface area contributed by atoms with Gasteiger partial charge in [-0.3, -0.25) is 29.1 Å². The molecule has 10 heteroatoms. The lowest BCUT2D eigenvalue weighted by Gasteiger charge is -2.22. The number of carbonyl (C=O) groups excluding carboxylic acids is 2. The van der Waals surface area contributed by atoms with Gasteiger partial charge < -0.3 is 10.6 Å². The molecule has 0 saturated heterocycles. The average Bonchev–Trinajstić information content (AvgIpc) is 2.64. The van der Waals surface area contributed by atoms with E-state index in [1.54, 1.807) is 30.3 Å². The number of nitrogens with two attached hydrogens (primary N) is 1. The molecule has 0 atom stereocenters. The van der Waals surface area contributed by atoms with Gasteiger partial charge in [-0.15, -0.1) is 0 Å². The van der Waals surface area contributed by atoms with Crippen molar-refractivity contribution in [3.63, 3.8) is 0 Å². The number of benzene rings is 1. The largest absolute Gasteiger partial charge is 0.365 e. The fourth-order valence-corrected chi connectivity index (χ4v) is 2.41. The van der Waals surface area contributed by atoms with Crippen LogP contribution >= 0.6 is 0 Å². The van der Waals surface area contributed by atoms with Crippen LogP contribution in [0.1, 0.15) is 16.8 Å². The molecule has 1 aromatic carbocycles. The van der Waals surface area contributed by atoms with E-state index in [1.165, 1.54) is 4.90 Å². The molecule has 2 amide bonds. The van der Waals surface area contributed by atoms with E-state index < -0.39 is 40.1 Å². The van der Waals surface area contributed by atoms with Gasteiger partial charge >= 0.3 is 0 Å². The van der Waals surface area contributed by atoms with Crippen LogP contribution in [0.2, 0.25) is 0 Å². The molecule has 27 heavy (non-hydrogen) atoms. The Morgan fingerprint density at radius 2 is 1.96 bits per heavy atom. The molecule has 0 spiro atoms. The molecular weight excluding hydrogens is 354 g/mol. The number of aromatic nitrogens is 1. The van der Waals surface area contributed by atoms with Crippen molar-refractivity contribution in [1.29, 1.82) is 5.26 Å². The molecule has 1 heterocycles. The minimum Gasteiger partial charge on any atom is -0.365 e. The summed E-state index contributed by atoms with van der Waals surface area (Å²) in [6.07, 6.45) is 0.928. The maximum atomic E-state index is 12.7. The Morgan fingerprint density at radius 3 is 2.52 bits per heavy atom. The van der Waals surface area contributed by atoms with Crippen LogP contribution in [0, 0.1) is 21.4 Å². The van der Waals surface area contributed by atoms with Crippen molar-refractivity contribution in [3.05, 3.63) is 68.6 Å². The first-order chi connectivity index (χ1) is 12.8. The number of carbonyl (C=O) groups is 2. The van der Waals surface area contributed by atoms with E-state index in [9.17, 15) is 24.5 Å². The van der Waals surface area contributed by atoms with Crippen molar-refractivity contribution in [2.24, 2.45) is 5.73 Å². The normalized spacial score (nSPS) is 10.0. The Labute approximate surface area is 153 Å². The number of hydrogen-bond donors (Lipinski definition) is 1. The summed E-state index contributed by atoms with van der Waals surface area (Å²) >= 11 is 0. The number of rotatable bonds is 7. The van der Waals surface area contributed by atoms with Gasteiger partial charge in [0.2, 0.25) is 5.91 Å². The van der Waals surface area contributed by atoms with E-state index in [0.717, 1.165) is 16.8 Å². The summed E-state index contributed by atoms with van der Waals surface area (Å²) in [5.41, 5.74) is 3.57. The van der Waals surface area contributed by atoms with Crippen LogP contribution in [0.4, 0.5) is 11.4 Å². The highest BCUT2D eigenvalue weighted by Crippen LogP contribution is 2.15. The van der Waals surface area contributed by atoms with Gasteiger partial charge in [-0.05, 0) is 12.1 Å². The summed E-state index contributed by atoms with van der Waals surface area (Å²) < 4.78 is 0.767. The Kier molecular flexibility index (Phi) is 6.01. The predicted molar refractivity (Wildman–Crippen MR) is 94.9 cm³/mol. The fraction of sp³-hybridized carbons (Fsp3) is 0.176. The van der Waals surface area contributed by atoms with Crippen LogP contribution < -0.4 is 16.2 Å². The van der Waals surface area contributed by atoms with Gasteiger partial charge in [0.15, 0.2) is 0 Å². The summed E-state index contributed by atoms with van der Waals surface area (Å²) in [4.78, 5) is 47.9. The van der Waals surface area contributed by atoms with Crippen LogP contribution in [-0.4, -0.2) is 27.8 Å². The average molecular weight is 369 g/mol. The highest BCUT2D eigenvalue weighted by atomic mass is 16.6. The van der Waals surface area contributed by atoms with Gasteiger partial charge in [0.05, 0.1) is 23.6 Å². The minimum absolute atomic E-state index is 0.0526. The second kappa shape index (κ2) is 8.39. The summed E-state index contributed by atoms with van der Waals surface area (Å²) in [6, 6.07) is 11.2. The van der Waals surface area contributed by atoms with Gasteiger partial charge in [0, 0.05) is 18.3 Å². The van der Waals surface area contributed by atoms with Gasteiger partial charge in [0.1, 0.15) is 12.1 Å². The number of para-hydroxylation sites is 1. The third-order valence-electron chi connectivity index (χ3n) is 3.67. The van der Waals surface area contributed by atoms with E-state index in [2.05, 4.69) is 0 Å². The van der Waals surface area contributed by atoms with Crippen molar-refractivity contribution in [2.45, 2.75) is 13.0 Å². The number of amides is 2. The molecular formula is C17H15N5O5. The number of primary amides is 1. The zero-order valence-corrected chi connectivity index (χ0v) is 14.1. The highest BCUT2D eigenvalue weighted by molar-refractivity contribution is 5.94. The molecule has 0 aliphatic heterocycles. The molecule has 2 aromatic rings. The molecule has 2 N–H and O–H groups in total. The lowest BCUT2D eigenvalue weighted by atomic mass is 10.2. The molecule has 1 aromatic heterocycles. The lowest BCUT2D eigenvalue weighted by molar-refractivity contribution is -0.385. The first kappa shape index (κ1) is 19.3. The van der Waals surface area contributed by atoms with E-state index in [1.807, 2.05) is 6.07 Å². The molecule has 0 unspecified atom stereocenters. The van der Waals surface area contributed by atoms with Gasteiger partial charge in [-0.25, -0.2) is 0 Å². The molecule has 0 fully saturated rings. The zero-order chi connectivity index (χ0) is 20.0. The summed E-state index contributed by atoms with van der Waals surface area (Å²) in [5.74, 6) is -1.70. The van der Waals surface area contributed by atoms with Crippen molar-refractivity contribution < 1.29 is 14.5 Å². The molecule has 0 aliphatic rings. The van der Waals surface area contributed by atoms with Crippen LogP contribution in [-0.2, 0) is 11.3 Å². The van der Waals surface area contributed by atoms with Crippen molar-refractivity contribution in [3.8, 4) is 6.07 Å². The van der Waals surface area contributed by atoms with E-state index >= 15 is 0 Å². The third-order valence-corrected chi connectivity index (χ3v) is 3.67. The number of pyridine rings is 1. The van der Waals surface area contributed by atoms with E-state index in [0.29, 0.717) is 5.69 Å². The second-order valence-electron chi connectivity index (χ2n) is 5.46. The Hall–Kier alpha value is -4.00. The Balaban J connectivity index is 2.42. The minimum atomic E-state index is -1.13. The Bertz CT molecular complexity index is 977. The fourth-order valence-electron chi connectivity index (χ4n) is 2.41.